The van der Waals surface area contributed by atoms with Crippen molar-refractivity contribution in [2.45, 2.75) is 13.1 Å². The fourth-order valence-electron chi connectivity index (χ4n) is 1.60. The molecule has 0 atom stereocenters. The Labute approximate surface area is 104 Å². The van der Waals surface area contributed by atoms with Crippen LogP contribution >= 0.6 is 11.6 Å². The molecule has 17 heavy (non-hydrogen) atoms. The standard InChI is InChI=1S/C12H12ClFN2O/c1-16(8-10-4-5-17-15-10)7-9-2-3-11(13)12(14)6-9/h2-6H,7-8H2,1H3. The maximum absolute atomic E-state index is 13.2. The molecule has 2 aromatic rings. The monoisotopic (exact) mass is 254 g/mol. The van der Waals surface area contributed by atoms with E-state index < -0.39 is 0 Å². The van der Waals surface area contributed by atoms with Crippen molar-refractivity contribution in [1.29, 1.82) is 0 Å². The van der Waals surface area contributed by atoms with Gasteiger partial charge in [-0.3, -0.25) is 4.90 Å². The highest BCUT2D eigenvalue weighted by molar-refractivity contribution is 6.30. The zero-order valence-electron chi connectivity index (χ0n) is 9.36. The molecule has 0 fully saturated rings. The second kappa shape index (κ2) is 5.29. The van der Waals surface area contributed by atoms with Crippen molar-refractivity contribution >= 4 is 11.6 Å². The molecule has 90 valence electrons. The molecule has 5 heteroatoms. The zero-order valence-corrected chi connectivity index (χ0v) is 10.1. The quantitative estimate of drug-likeness (QED) is 0.840. The summed E-state index contributed by atoms with van der Waals surface area (Å²) in [7, 11) is 1.93. The Kier molecular flexibility index (Phi) is 3.76. The molecule has 0 bridgehead atoms. The number of nitrogens with zero attached hydrogens (tertiary/aromatic N) is 2. The lowest BCUT2D eigenvalue weighted by Crippen LogP contribution is -2.17. The molecule has 1 aromatic heterocycles. The fraction of sp³-hybridized carbons (Fsp3) is 0.250. The molecule has 0 unspecified atom stereocenters. The lowest BCUT2D eigenvalue weighted by molar-refractivity contribution is 0.303. The lowest BCUT2D eigenvalue weighted by atomic mass is 10.2. The maximum atomic E-state index is 13.2. The summed E-state index contributed by atoms with van der Waals surface area (Å²) in [5, 5.41) is 3.96. The van der Waals surface area contributed by atoms with Crippen molar-refractivity contribution in [3.05, 3.63) is 52.6 Å². The predicted octanol–water partition coefficient (Wildman–Crippen LogP) is 3.10. The van der Waals surface area contributed by atoms with Crippen LogP contribution in [-0.4, -0.2) is 17.1 Å². The average molecular weight is 255 g/mol. The Bertz CT molecular complexity index is 487. The minimum atomic E-state index is -0.390. The second-order valence-corrected chi connectivity index (χ2v) is 4.32. The van der Waals surface area contributed by atoms with Gasteiger partial charge in [0.05, 0.1) is 10.7 Å². The summed E-state index contributed by atoms with van der Waals surface area (Å²) >= 11 is 5.62. The van der Waals surface area contributed by atoms with Gasteiger partial charge < -0.3 is 4.52 Å². The van der Waals surface area contributed by atoms with Gasteiger partial charge in [-0.05, 0) is 24.7 Å². The number of benzene rings is 1. The van der Waals surface area contributed by atoms with Gasteiger partial charge in [-0.25, -0.2) is 4.39 Å². The minimum Gasteiger partial charge on any atom is -0.364 e. The van der Waals surface area contributed by atoms with E-state index >= 15 is 0 Å². The van der Waals surface area contributed by atoms with Crippen LogP contribution in [0.3, 0.4) is 0 Å². The van der Waals surface area contributed by atoms with Crippen LogP contribution in [0.4, 0.5) is 4.39 Å². The van der Waals surface area contributed by atoms with E-state index in [0.29, 0.717) is 13.1 Å². The van der Waals surface area contributed by atoms with Gasteiger partial charge in [0.25, 0.3) is 0 Å². The Morgan fingerprint density at radius 1 is 1.35 bits per heavy atom. The molecule has 2 rings (SSSR count). The molecule has 0 radical (unpaired) electrons. The van der Waals surface area contributed by atoms with E-state index in [0.717, 1.165) is 11.3 Å². The Balaban J connectivity index is 1.98. The van der Waals surface area contributed by atoms with Gasteiger partial charge in [-0.1, -0.05) is 22.8 Å². The van der Waals surface area contributed by atoms with Crippen molar-refractivity contribution in [2.24, 2.45) is 0 Å². The predicted molar refractivity (Wildman–Crippen MR) is 63.1 cm³/mol. The third-order valence-electron chi connectivity index (χ3n) is 2.36. The summed E-state index contributed by atoms with van der Waals surface area (Å²) < 4.78 is 18.0. The van der Waals surface area contributed by atoms with Crippen molar-refractivity contribution < 1.29 is 8.91 Å². The normalized spacial score (nSPS) is 11.1. The van der Waals surface area contributed by atoms with Crippen molar-refractivity contribution in [3.8, 4) is 0 Å². The average Bonchev–Trinajstić information content (AvgIpc) is 2.76. The van der Waals surface area contributed by atoms with Crippen LogP contribution in [0.2, 0.25) is 5.02 Å². The van der Waals surface area contributed by atoms with Crippen LogP contribution in [0.5, 0.6) is 0 Å². The Hall–Kier alpha value is -1.39. The SMILES string of the molecule is CN(Cc1ccc(Cl)c(F)c1)Cc1ccon1. The zero-order chi connectivity index (χ0) is 12.3. The second-order valence-electron chi connectivity index (χ2n) is 3.91. The molecular formula is C12H12ClFN2O. The molecular weight excluding hydrogens is 243 g/mol. The van der Waals surface area contributed by atoms with E-state index in [1.165, 1.54) is 12.3 Å². The van der Waals surface area contributed by atoms with Gasteiger partial charge in [0, 0.05) is 19.2 Å². The van der Waals surface area contributed by atoms with E-state index in [-0.39, 0.29) is 10.8 Å². The van der Waals surface area contributed by atoms with Crippen LogP contribution < -0.4 is 0 Å². The number of aromatic nitrogens is 1. The van der Waals surface area contributed by atoms with Crippen LogP contribution in [-0.2, 0) is 13.1 Å². The Morgan fingerprint density at radius 2 is 2.18 bits per heavy atom. The molecule has 0 amide bonds. The lowest BCUT2D eigenvalue weighted by Gasteiger charge is -2.15. The van der Waals surface area contributed by atoms with Crippen LogP contribution in [0.25, 0.3) is 0 Å². The van der Waals surface area contributed by atoms with Crippen molar-refractivity contribution in [3.63, 3.8) is 0 Å². The minimum absolute atomic E-state index is 0.146. The largest absolute Gasteiger partial charge is 0.364 e. The molecule has 1 heterocycles. The number of rotatable bonds is 4. The summed E-state index contributed by atoms with van der Waals surface area (Å²) in [5.74, 6) is -0.390. The molecule has 0 spiro atoms. The topological polar surface area (TPSA) is 29.3 Å². The number of hydrogen-bond acceptors (Lipinski definition) is 3. The molecule has 0 saturated heterocycles. The maximum Gasteiger partial charge on any atom is 0.142 e. The van der Waals surface area contributed by atoms with Crippen LogP contribution in [0.15, 0.2) is 35.1 Å². The smallest absolute Gasteiger partial charge is 0.142 e. The van der Waals surface area contributed by atoms with Gasteiger partial charge in [0.15, 0.2) is 0 Å². The molecule has 0 N–H and O–H groups in total. The van der Waals surface area contributed by atoms with Crippen LogP contribution in [0.1, 0.15) is 11.3 Å². The van der Waals surface area contributed by atoms with Gasteiger partial charge >= 0.3 is 0 Å². The third-order valence-corrected chi connectivity index (χ3v) is 2.67. The van der Waals surface area contributed by atoms with E-state index in [1.54, 1.807) is 12.1 Å². The van der Waals surface area contributed by atoms with Crippen molar-refractivity contribution in [2.75, 3.05) is 7.05 Å². The summed E-state index contributed by atoms with van der Waals surface area (Å²) in [6.07, 6.45) is 1.53. The highest BCUT2D eigenvalue weighted by Crippen LogP contribution is 2.16. The van der Waals surface area contributed by atoms with Crippen molar-refractivity contribution in [1.82, 2.24) is 10.1 Å². The Morgan fingerprint density at radius 3 is 2.82 bits per heavy atom. The summed E-state index contributed by atoms with van der Waals surface area (Å²) in [6.45, 7) is 1.28. The van der Waals surface area contributed by atoms with E-state index in [2.05, 4.69) is 5.16 Å². The first-order valence-electron chi connectivity index (χ1n) is 5.17. The molecule has 1 aromatic carbocycles. The van der Waals surface area contributed by atoms with Gasteiger partial charge in [0.2, 0.25) is 0 Å². The van der Waals surface area contributed by atoms with Gasteiger partial charge in [0.1, 0.15) is 12.1 Å². The first kappa shape index (κ1) is 12.1. The number of halogens is 2. The van der Waals surface area contributed by atoms with E-state index in [1.807, 2.05) is 18.0 Å². The third kappa shape index (κ3) is 3.28. The molecule has 0 aliphatic heterocycles. The molecule has 0 aliphatic carbocycles. The summed E-state index contributed by atoms with van der Waals surface area (Å²) in [6, 6.07) is 6.63. The van der Waals surface area contributed by atoms with Gasteiger partial charge in [-0.15, -0.1) is 0 Å². The first-order valence-corrected chi connectivity index (χ1v) is 5.54. The van der Waals surface area contributed by atoms with Crippen LogP contribution in [0, 0.1) is 5.82 Å². The molecule has 0 saturated carbocycles. The number of hydrogen-bond donors (Lipinski definition) is 0. The van der Waals surface area contributed by atoms with Gasteiger partial charge in [-0.2, -0.15) is 0 Å². The molecule has 0 aliphatic rings. The highest BCUT2D eigenvalue weighted by atomic mass is 35.5. The highest BCUT2D eigenvalue weighted by Gasteiger charge is 2.06. The summed E-state index contributed by atoms with van der Waals surface area (Å²) in [5.41, 5.74) is 1.72. The van der Waals surface area contributed by atoms with E-state index in [9.17, 15) is 4.39 Å². The first-order chi connectivity index (χ1) is 8.15. The van der Waals surface area contributed by atoms with E-state index in [4.69, 9.17) is 16.1 Å². The fourth-order valence-corrected chi connectivity index (χ4v) is 1.72. The molecule has 3 nitrogen and oxygen atoms in total. The summed E-state index contributed by atoms with van der Waals surface area (Å²) in [4.78, 5) is 2.01.